The summed E-state index contributed by atoms with van der Waals surface area (Å²) in [6.45, 7) is 14.4. The molecule has 6 nitrogen and oxygen atoms in total. The number of likely N-dealkylation sites (tertiary alicyclic amines) is 2. The molecule has 0 aromatic heterocycles. The van der Waals surface area contributed by atoms with Gasteiger partial charge in [0.25, 0.3) is 0 Å². The van der Waals surface area contributed by atoms with Gasteiger partial charge in [-0.25, -0.2) is 0 Å². The molecule has 3 rings (SSSR count). The van der Waals surface area contributed by atoms with Crippen LogP contribution in [0.15, 0.2) is 4.99 Å². The lowest BCUT2D eigenvalue weighted by Crippen LogP contribution is -2.53. The number of piperidine rings is 1. The van der Waals surface area contributed by atoms with E-state index in [0.717, 1.165) is 51.3 Å². The maximum Gasteiger partial charge on any atom is 0.193 e. The fourth-order valence-electron chi connectivity index (χ4n) is 4.76. The van der Waals surface area contributed by atoms with Gasteiger partial charge in [-0.1, -0.05) is 6.42 Å². The molecule has 3 heterocycles. The first-order valence-corrected chi connectivity index (χ1v) is 10.7. The van der Waals surface area contributed by atoms with Crippen molar-refractivity contribution in [2.75, 3.05) is 66.1 Å². The van der Waals surface area contributed by atoms with E-state index < -0.39 is 0 Å². The summed E-state index contributed by atoms with van der Waals surface area (Å²) in [5, 5.41) is 3.63. The molecule has 0 bridgehead atoms. The molecule has 3 saturated heterocycles. The molecule has 0 spiro atoms. The van der Waals surface area contributed by atoms with E-state index in [1.54, 1.807) is 0 Å². The summed E-state index contributed by atoms with van der Waals surface area (Å²) < 4.78 is 5.57. The van der Waals surface area contributed by atoms with Crippen molar-refractivity contribution in [3.63, 3.8) is 0 Å². The number of ether oxygens (including phenoxy) is 1. The number of hydrogen-bond donors (Lipinski definition) is 1. The van der Waals surface area contributed by atoms with Crippen LogP contribution in [0.1, 0.15) is 39.5 Å². The molecule has 0 saturated carbocycles. The molecule has 26 heavy (non-hydrogen) atoms. The lowest BCUT2D eigenvalue weighted by Gasteiger charge is -2.38. The van der Waals surface area contributed by atoms with Crippen LogP contribution in [-0.4, -0.2) is 98.8 Å². The van der Waals surface area contributed by atoms with Gasteiger partial charge in [-0.15, -0.1) is 0 Å². The van der Waals surface area contributed by atoms with Crippen LogP contribution in [0.4, 0.5) is 0 Å². The molecule has 0 amide bonds. The number of nitrogens with zero attached hydrogens (tertiary/aromatic N) is 4. The first-order chi connectivity index (χ1) is 12.7. The molecular formula is C20H39N5O. The number of nitrogens with one attached hydrogen (secondary N) is 1. The minimum atomic E-state index is 0.498. The van der Waals surface area contributed by atoms with E-state index in [-0.39, 0.29) is 0 Å². The van der Waals surface area contributed by atoms with Gasteiger partial charge in [0, 0.05) is 51.9 Å². The Morgan fingerprint density at radius 2 is 2.00 bits per heavy atom. The van der Waals surface area contributed by atoms with Gasteiger partial charge in [-0.2, -0.15) is 0 Å². The first-order valence-electron chi connectivity index (χ1n) is 10.7. The number of rotatable bonds is 5. The highest BCUT2D eigenvalue weighted by atomic mass is 16.5. The summed E-state index contributed by atoms with van der Waals surface area (Å²) in [5.41, 5.74) is 0. The Morgan fingerprint density at radius 3 is 2.73 bits per heavy atom. The van der Waals surface area contributed by atoms with Gasteiger partial charge in [0.15, 0.2) is 5.96 Å². The Labute approximate surface area is 159 Å². The Bertz CT molecular complexity index is 451. The van der Waals surface area contributed by atoms with E-state index in [0.29, 0.717) is 12.1 Å². The van der Waals surface area contributed by atoms with Crippen LogP contribution in [0, 0.1) is 5.92 Å². The Balaban J connectivity index is 1.42. The average molecular weight is 366 g/mol. The molecular weight excluding hydrogens is 326 g/mol. The molecule has 3 atom stereocenters. The van der Waals surface area contributed by atoms with Gasteiger partial charge in [0.2, 0.25) is 0 Å². The quantitative estimate of drug-likeness (QED) is 0.590. The monoisotopic (exact) mass is 365 g/mol. The minimum absolute atomic E-state index is 0.498. The summed E-state index contributed by atoms with van der Waals surface area (Å²) in [4.78, 5) is 12.2. The van der Waals surface area contributed by atoms with E-state index in [1.807, 2.05) is 7.05 Å². The zero-order valence-electron chi connectivity index (χ0n) is 17.1. The predicted octanol–water partition coefficient (Wildman–Crippen LogP) is 1.48. The average Bonchev–Trinajstić information content (AvgIpc) is 3.11. The molecule has 0 radical (unpaired) electrons. The van der Waals surface area contributed by atoms with E-state index in [2.05, 4.69) is 38.9 Å². The van der Waals surface area contributed by atoms with Crippen molar-refractivity contribution in [3.05, 3.63) is 0 Å². The standard InChI is InChI=1S/C20H39N5O/c1-17(25-11-12-26-16-18(25)2)13-22-20(21-3)24-10-7-19(15-24)14-23-8-5-4-6-9-23/h17-19H,4-16H2,1-3H3,(H,21,22). The number of guanidine groups is 1. The molecule has 1 N–H and O–H groups in total. The first kappa shape index (κ1) is 19.9. The van der Waals surface area contributed by atoms with Gasteiger partial charge < -0.3 is 19.9 Å². The Hall–Kier alpha value is -0.850. The van der Waals surface area contributed by atoms with E-state index in [4.69, 9.17) is 4.74 Å². The van der Waals surface area contributed by atoms with Crippen LogP contribution in [0.5, 0.6) is 0 Å². The lowest BCUT2D eigenvalue weighted by atomic mass is 10.1. The smallest absolute Gasteiger partial charge is 0.193 e. The second kappa shape index (κ2) is 9.90. The van der Waals surface area contributed by atoms with Gasteiger partial charge in [0.1, 0.15) is 0 Å². The van der Waals surface area contributed by atoms with Crippen molar-refractivity contribution in [2.24, 2.45) is 10.9 Å². The third-order valence-corrected chi connectivity index (χ3v) is 6.30. The summed E-state index contributed by atoms with van der Waals surface area (Å²) in [6, 6.07) is 1.00. The van der Waals surface area contributed by atoms with E-state index in [9.17, 15) is 0 Å². The zero-order chi connectivity index (χ0) is 18.4. The molecule has 6 heteroatoms. The third kappa shape index (κ3) is 5.33. The molecule has 3 fully saturated rings. The van der Waals surface area contributed by atoms with Crippen LogP contribution in [0.25, 0.3) is 0 Å². The number of hydrogen-bond acceptors (Lipinski definition) is 4. The molecule has 0 aliphatic carbocycles. The predicted molar refractivity (Wildman–Crippen MR) is 108 cm³/mol. The van der Waals surface area contributed by atoms with Crippen LogP contribution in [-0.2, 0) is 4.74 Å². The van der Waals surface area contributed by atoms with Gasteiger partial charge in [0.05, 0.1) is 13.2 Å². The summed E-state index contributed by atoms with van der Waals surface area (Å²) in [5.74, 6) is 1.88. The van der Waals surface area contributed by atoms with Crippen molar-refractivity contribution < 1.29 is 4.74 Å². The van der Waals surface area contributed by atoms with Crippen molar-refractivity contribution in [1.82, 2.24) is 20.0 Å². The molecule has 0 aromatic carbocycles. The molecule has 3 aliphatic rings. The van der Waals surface area contributed by atoms with Crippen LogP contribution >= 0.6 is 0 Å². The highest BCUT2D eigenvalue weighted by Crippen LogP contribution is 2.20. The summed E-state index contributed by atoms with van der Waals surface area (Å²) >= 11 is 0. The molecule has 3 unspecified atom stereocenters. The highest BCUT2D eigenvalue weighted by Gasteiger charge is 2.28. The van der Waals surface area contributed by atoms with Crippen LogP contribution in [0.3, 0.4) is 0 Å². The molecule has 3 aliphatic heterocycles. The van der Waals surface area contributed by atoms with E-state index >= 15 is 0 Å². The minimum Gasteiger partial charge on any atom is -0.379 e. The topological polar surface area (TPSA) is 43.3 Å². The maximum atomic E-state index is 5.57. The SMILES string of the molecule is CN=C(NCC(C)N1CCOCC1C)N1CCC(CN2CCCCC2)C1. The Kier molecular flexibility index (Phi) is 7.58. The second-order valence-corrected chi connectivity index (χ2v) is 8.40. The van der Waals surface area contributed by atoms with E-state index in [1.165, 1.54) is 45.3 Å². The van der Waals surface area contributed by atoms with Crippen molar-refractivity contribution in [1.29, 1.82) is 0 Å². The van der Waals surface area contributed by atoms with Gasteiger partial charge >= 0.3 is 0 Å². The van der Waals surface area contributed by atoms with Gasteiger partial charge in [-0.05, 0) is 52.1 Å². The van der Waals surface area contributed by atoms with Crippen molar-refractivity contribution >= 4 is 5.96 Å². The third-order valence-electron chi connectivity index (χ3n) is 6.30. The largest absolute Gasteiger partial charge is 0.379 e. The number of aliphatic imine (C=N–C) groups is 1. The summed E-state index contributed by atoms with van der Waals surface area (Å²) in [7, 11) is 1.92. The fourth-order valence-corrected chi connectivity index (χ4v) is 4.76. The molecule has 0 aromatic rings. The Morgan fingerprint density at radius 1 is 1.19 bits per heavy atom. The fraction of sp³-hybridized carbons (Fsp3) is 0.950. The normalized spacial score (nSPS) is 30.6. The second-order valence-electron chi connectivity index (χ2n) is 8.40. The zero-order valence-corrected chi connectivity index (χ0v) is 17.1. The molecule has 150 valence electrons. The van der Waals surface area contributed by atoms with Crippen molar-refractivity contribution in [3.8, 4) is 0 Å². The number of morpholine rings is 1. The van der Waals surface area contributed by atoms with Crippen molar-refractivity contribution in [2.45, 2.75) is 51.6 Å². The van der Waals surface area contributed by atoms with Crippen LogP contribution < -0.4 is 5.32 Å². The van der Waals surface area contributed by atoms with Gasteiger partial charge in [-0.3, -0.25) is 9.89 Å². The lowest BCUT2D eigenvalue weighted by molar-refractivity contribution is -0.0175. The highest BCUT2D eigenvalue weighted by molar-refractivity contribution is 5.80. The maximum absolute atomic E-state index is 5.57. The van der Waals surface area contributed by atoms with Crippen LogP contribution in [0.2, 0.25) is 0 Å². The summed E-state index contributed by atoms with van der Waals surface area (Å²) in [6.07, 6.45) is 5.49.